The first-order valence-corrected chi connectivity index (χ1v) is 47.6. The summed E-state index contributed by atoms with van der Waals surface area (Å²) in [6, 6.07) is 0. The molecule has 0 saturated carbocycles. The van der Waals surface area contributed by atoms with E-state index >= 15 is 0 Å². The molecular weight excluding hydrogens is 1370 g/mol. The van der Waals surface area contributed by atoms with Crippen molar-refractivity contribution < 1.29 is 80.2 Å². The van der Waals surface area contributed by atoms with E-state index in [9.17, 15) is 43.2 Å². The number of phosphoric acid groups is 2. The minimum absolute atomic E-state index is 0.107. The van der Waals surface area contributed by atoms with E-state index in [2.05, 4.69) is 34.6 Å². The zero-order valence-electron chi connectivity index (χ0n) is 68.9. The molecule has 0 aliphatic rings. The number of hydrogen-bond acceptors (Lipinski definition) is 15. The van der Waals surface area contributed by atoms with Crippen molar-refractivity contribution in [3.63, 3.8) is 0 Å². The highest BCUT2D eigenvalue weighted by atomic mass is 31.2. The highest BCUT2D eigenvalue weighted by molar-refractivity contribution is 7.47. The van der Waals surface area contributed by atoms with E-state index < -0.39 is 97.5 Å². The lowest BCUT2D eigenvalue weighted by Crippen LogP contribution is -2.30. The average molecular weight is 1540 g/mol. The van der Waals surface area contributed by atoms with Gasteiger partial charge in [-0.1, -0.05) is 413 Å². The van der Waals surface area contributed by atoms with Gasteiger partial charge in [-0.25, -0.2) is 9.13 Å². The summed E-state index contributed by atoms with van der Waals surface area (Å²) in [5.74, 6) is -1.33. The number of phosphoric ester groups is 2. The standard InChI is InChI=1S/C86H168O17P2/c1-6-9-12-15-18-21-24-26-28-30-32-34-36-38-40-45-50-55-60-65-70-84(89)97-76-82(102-85(90)71-66-61-56-51-46-41-39-37-35-33-31-29-27-25-22-19-16-13-10-7-2)78-101-105(94,95)99-74-80(87)73-98-104(92,93)100-77-81(75-96-83(88)69-64-59-54-49-43-23-20-17-14-11-8-3)103-86(91)72-67-62-57-52-47-42-44-48-53-58-63-68-79(4)5/h79-82,87H,6-78H2,1-5H3,(H,92,93)(H,94,95)/t80-,81+,82+/m0/s1. The van der Waals surface area contributed by atoms with Gasteiger partial charge in [0.15, 0.2) is 12.2 Å². The minimum atomic E-state index is -4.97. The maximum Gasteiger partial charge on any atom is 0.472 e. The Morgan fingerprint density at radius 2 is 0.438 bits per heavy atom. The molecule has 0 fully saturated rings. The minimum Gasteiger partial charge on any atom is -0.462 e. The Morgan fingerprint density at radius 1 is 0.257 bits per heavy atom. The summed E-state index contributed by atoms with van der Waals surface area (Å²) in [5.41, 5.74) is 0. The number of hydrogen-bond donors (Lipinski definition) is 3. The molecule has 2 unspecified atom stereocenters. The fraction of sp³-hybridized carbons (Fsp3) is 0.953. The lowest BCUT2D eigenvalue weighted by atomic mass is 10.0. The first-order valence-electron chi connectivity index (χ1n) is 44.6. The van der Waals surface area contributed by atoms with Gasteiger partial charge in [-0.15, -0.1) is 0 Å². The number of carbonyl (C=O) groups excluding carboxylic acids is 4. The Hall–Kier alpha value is -1.94. The van der Waals surface area contributed by atoms with Crippen LogP contribution >= 0.6 is 15.6 Å². The molecule has 0 spiro atoms. The zero-order valence-corrected chi connectivity index (χ0v) is 70.7. The average Bonchev–Trinajstić information content (AvgIpc) is 0.912. The van der Waals surface area contributed by atoms with Crippen LogP contribution in [0.4, 0.5) is 0 Å². The predicted octanol–water partition coefficient (Wildman–Crippen LogP) is 26.4. The molecule has 0 aromatic carbocycles. The van der Waals surface area contributed by atoms with Crippen molar-refractivity contribution in [1.82, 2.24) is 0 Å². The Morgan fingerprint density at radius 3 is 0.648 bits per heavy atom. The van der Waals surface area contributed by atoms with Crippen LogP contribution < -0.4 is 0 Å². The van der Waals surface area contributed by atoms with Crippen LogP contribution in [0.15, 0.2) is 0 Å². The fourth-order valence-electron chi connectivity index (χ4n) is 13.5. The van der Waals surface area contributed by atoms with Crippen molar-refractivity contribution in [3.8, 4) is 0 Å². The first-order chi connectivity index (χ1) is 51.0. The third-order valence-electron chi connectivity index (χ3n) is 20.3. The molecule has 0 aliphatic carbocycles. The summed E-state index contributed by atoms with van der Waals surface area (Å²) in [7, 11) is -9.93. The Labute approximate surface area is 645 Å². The molecule has 0 aliphatic heterocycles. The number of ether oxygens (including phenoxy) is 4. The molecule has 105 heavy (non-hydrogen) atoms. The Kier molecular flexibility index (Phi) is 77.3. The van der Waals surface area contributed by atoms with Crippen molar-refractivity contribution in [2.75, 3.05) is 39.6 Å². The summed E-state index contributed by atoms with van der Waals surface area (Å²) in [6.45, 7) is 7.36. The van der Waals surface area contributed by atoms with Crippen molar-refractivity contribution in [1.29, 1.82) is 0 Å². The number of esters is 4. The molecule has 17 nitrogen and oxygen atoms in total. The second kappa shape index (κ2) is 78.7. The van der Waals surface area contributed by atoms with Crippen molar-refractivity contribution in [2.45, 2.75) is 483 Å². The highest BCUT2D eigenvalue weighted by Crippen LogP contribution is 2.45. The van der Waals surface area contributed by atoms with E-state index in [0.29, 0.717) is 25.7 Å². The topological polar surface area (TPSA) is 237 Å². The first kappa shape index (κ1) is 103. The van der Waals surface area contributed by atoms with Gasteiger partial charge in [0.2, 0.25) is 0 Å². The fourth-order valence-corrected chi connectivity index (χ4v) is 15.1. The van der Waals surface area contributed by atoms with E-state index in [4.69, 9.17) is 37.0 Å². The van der Waals surface area contributed by atoms with Crippen LogP contribution in [0.5, 0.6) is 0 Å². The van der Waals surface area contributed by atoms with Crippen molar-refractivity contribution >= 4 is 39.5 Å². The summed E-state index contributed by atoms with van der Waals surface area (Å²) < 4.78 is 68.9. The summed E-state index contributed by atoms with van der Waals surface area (Å²) in [4.78, 5) is 73.2. The van der Waals surface area contributed by atoms with Crippen molar-refractivity contribution in [2.24, 2.45) is 5.92 Å². The lowest BCUT2D eigenvalue weighted by molar-refractivity contribution is -0.161. The molecule has 0 amide bonds. The predicted molar refractivity (Wildman–Crippen MR) is 432 cm³/mol. The van der Waals surface area contributed by atoms with Gasteiger partial charge in [-0.05, 0) is 31.6 Å². The molecule has 0 saturated heterocycles. The van der Waals surface area contributed by atoms with Crippen LogP contribution in [0, 0.1) is 5.92 Å². The van der Waals surface area contributed by atoms with Gasteiger partial charge in [-0.2, -0.15) is 0 Å². The molecule has 624 valence electrons. The molecule has 0 aromatic rings. The number of aliphatic hydroxyl groups is 1. The largest absolute Gasteiger partial charge is 0.472 e. The Balaban J connectivity index is 5.23. The monoisotopic (exact) mass is 1540 g/mol. The van der Waals surface area contributed by atoms with Gasteiger partial charge in [0.05, 0.1) is 26.4 Å². The van der Waals surface area contributed by atoms with Gasteiger partial charge >= 0.3 is 39.5 Å². The highest BCUT2D eigenvalue weighted by Gasteiger charge is 2.30. The normalized spacial score (nSPS) is 13.8. The van der Waals surface area contributed by atoms with E-state index in [0.717, 1.165) is 95.8 Å². The molecule has 19 heteroatoms. The van der Waals surface area contributed by atoms with Crippen molar-refractivity contribution in [3.05, 3.63) is 0 Å². The summed E-state index contributed by atoms with van der Waals surface area (Å²) >= 11 is 0. The molecule has 0 heterocycles. The molecular formula is C86H168O17P2. The number of carbonyl (C=O) groups is 4. The van der Waals surface area contributed by atoms with Crippen LogP contribution in [0.3, 0.4) is 0 Å². The van der Waals surface area contributed by atoms with Crippen LogP contribution in [0.2, 0.25) is 0 Å². The van der Waals surface area contributed by atoms with E-state index in [1.165, 1.54) is 289 Å². The van der Waals surface area contributed by atoms with E-state index in [1.807, 2.05) is 0 Å². The molecule has 3 N–H and O–H groups in total. The lowest BCUT2D eigenvalue weighted by Gasteiger charge is -2.21. The molecule has 0 aromatic heterocycles. The molecule has 0 bridgehead atoms. The van der Waals surface area contributed by atoms with Gasteiger partial charge in [0.25, 0.3) is 0 Å². The number of unbranched alkanes of at least 4 members (excludes halogenated alkanes) is 58. The van der Waals surface area contributed by atoms with Gasteiger partial charge in [0.1, 0.15) is 19.3 Å². The Bertz CT molecular complexity index is 2000. The van der Waals surface area contributed by atoms with Crippen LogP contribution in [0.25, 0.3) is 0 Å². The summed E-state index contributed by atoms with van der Waals surface area (Å²) in [5, 5.41) is 10.7. The SMILES string of the molecule is CCCCCCCCCCCCCCCCCCCCCCC(=O)OC[C@H](COP(=O)(O)OC[C@@H](O)COP(=O)(O)OC[C@@H](COC(=O)CCCCCCCCCCCCC)OC(=O)CCCCCCCCCCCCCC(C)C)OC(=O)CCCCCCCCCCCCCCCCCCCCCC. The van der Waals surface area contributed by atoms with E-state index in [-0.39, 0.29) is 25.7 Å². The molecule has 5 atom stereocenters. The number of aliphatic hydroxyl groups excluding tert-OH is 1. The maximum absolute atomic E-state index is 13.1. The third kappa shape index (κ3) is 79.9. The summed E-state index contributed by atoms with van der Waals surface area (Å²) in [6.07, 6.45) is 72.2. The zero-order chi connectivity index (χ0) is 76.9. The molecule has 0 radical (unpaired) electrons. The van der Waals surface area contributed by atoms with Gasteiger partial charge < -0.3 is 33.8 Å². The van der Waals surface area contributed by atoms with Gasteiger partial charge in [0, 0.05) is 25.7 Å². The quantitative estimate of drug-likeness (QED) is 0.0222. The van der Waals surface area contributed by atoms with Crippen LogP contribution in [-0.4, -0.2) is 96.7 Å². The number of rotatable bonds is 86. The third-order valence-corrected chi connectivity index (χ3v) is 22.2. The second-order valence-electron chi connectivity index (χ2n) is 31.4. The van der Waals surface area contributed by atoms with Crippen LogP contribution in [-0.2, 0) is 65.4 Å². The van der Waals surface area contributed by atoms with Crippen LogP contribution in [0.1, 0.15) is 465 Å². The molecule has 0 rings (SSSR count). The second-order valence-corrected chi connectivity index (χ2v) is 34.3. The van der Waals surface area contributed by atoms with E-state index in [1.54, 1.807) is 0 Å². The maximum atomic E-state index is 13.1. The van der Waals surface area contributed by atoms with Gasteiger partial charge in [-0.3, -0.25) is 37.3 Å². The smallest absolute Gasteiger partial charge is 0.462 e.